The number of allylic oxidation sites excluding steroid dienone is 3. The number of hydrogen-bond acceptors (Lipinski definition) is 3. The van der Waals surface area contributed by atoms with Crippen LogP contribution in [0.25, 0.3) is 0 Å². The Morgan fingerprint density at radius 2 is 2.00 bits per heavy atom. The van der Waals surface area contributed by atoms with E-state index in [2.05, 4.69) is 0 Å². The molecule has 4 heteroatoms. The summed E-state index contributed by atoms with van der Waals surface area (Å²) in [6.45, 7) is 3.23. The Bertz CT molecular complexity index is 445. The van der Waals surface area contributed by atoms with Crippen molar-refractivity contribution in [1.29, 1.82) is 0 Å². The molecule has 0 amide bonds. The van der Waals surface area contributed by atoms with Crippen molar-refractivity contribution < 1.29 is 18.6 Å². The maximum Gasteiger partial charge on any atom is 0.181 e. The average Bonchev–Trinajstić information content (AvgIpc) is 2.49. The summed E-state index contributed by atoms with van der Waals surface area (Å²) in [5.74, 6) is -0.250. The molecule has 1 saturated heterocycles. The van der Waals surface area contributed by atoms with Crippen LogP contribution in [-0.4, -0.2) is 26.1 Å². The molecule has 0 radical (unpaired) electrons. The van der Waals surface area contributed by atoms with Gasteiger partial charge in [0.25, 0.3) is 0 Å². The van der Waals surface area contributed by atoms with E-state index in [4.69, 9.17) is 14.2 Å². The zero-order valence-electron chi connectivity index (χ0n) is 11.5. The second-order valence-electron chi connectivity index (χ2n) is 4.42. The van der Waals surface area contributed by atoms with Gasteiger partial charge < -0.3 is 14.2 Å². The van der Waals surface area contributed by atoms with Gasteiger partial charge in [-0.05, 0) is 24.6 Å². The summed E-state index contributed by atoms with van der Waals surface area (Å²) < 4.78 is 29.6. The third kappa shape index (κ3) is 4.56. The van der Waals surface area contributed by atoms with Gasteiger partial charge in [-0.25, -0.2) is 4.39 Å². The van der Waals surface area contributed by atoms with Crippen molar-refractivity contribution in [3.05, 3.63) is 60.0 Å². The zero-order valence-corrected chi connectivity index (χ0v) is 11.5. The van der Waals surface area contributed by atoms with Crippen molar-refractivity contribution in [2.24, 2.45) is 0 Å². The second-order valence-corrected chi connectivity index (χ2v) is 4.42. The van der Waals surface area contributed by atoms with E-state index in [1.54, 1.807) is 12.1 Å². The van der Waals surface area contributed by atoms with E-state index >= 15 is 0 Å². The summed E-state index contributed by atoms with van der Waals surface area (Å²) in [6.07, 6.45) is 7.22. The molecule has 1 fully saturated rings. The minimum Gasteiger partial charge on any atom is -0.366 e. The fourth-order valence-electron chi connectivity index (χ4n) is 1.86. The van der Waals surface area contributed by atoms with Crippen LogP contribution < -0.4 is 0 Å². The predicted octanol–water partition coefficient (Wildman–Crippen LogP) is 3.39. The molecule has 1 heterocycles. The Balaban J connectivity index is 1.73. The Morgan fingerprint density at radius 1 is 1.20 bits per heavy atom. The predicted molar refractivity (Wildman–Crippen MR) is 74.7 cm³/mol. The first kappa shape index (κ1) is 14.9. The quantitative estimate of drug-likeness (QED) is 0.773. The minimum atomic E-state index is -0.345. The topological polar surface area (TPSA) is 27.7 Å². The van der Waals surface area contributed by atoms with E-state index in [0.29, 0.717) is 19.8 Å². The standard InChI is InChI=1S/C16H19FO3/c1-2-3-4-5-10-18-16-12-19-15(11-20-16)13-6-8-14(17)9-7-13/h2-9,15-16H,10-12H2,1H3/b3-2+,5-4+/t15-,16+/m1/s1. The third-order valence-corrected chi connectivity index (χ3v) is 2.93. The van der Waals surface area contributed by atoms with Crippen molar-refractivity contribution >= 4 is 0 Å². The molecule has 0 saturated carbocycles. The lowest BCUT2D eigenvalue weighted by atomic mass is 10.1. The molecular formula is C16H19FO3. The number of hydrogen-bond donors (Lipinski definition) is 0. The lowest BCUT2D eigenvalue weighted by molar-refractivity contribution is -0.232. The number of rotatable bonds is 5. The van der Waals surface area contributed by atoms with E-state index < -0.39 is 0 Å². The van der Waals surface area contributed by atoms with Gasteiger partial charge in [-0.15, -0.1) is 0 Å². The molecular weight excluding hydrogens is 259 g/mol. The summed E-state index contributed by atoms with van der Waals surface area (Å²) in [5, 5.41) is 0. The molecule has 1 aromatic rings. The fraction of sp³-hybridized carbons (Fsp3) is 0.375. The first-order valence-corrected chi connectivity index (χ1v) is 6.67. The molecule has 108 valence electrons. The minimum absolute atomic E-state index is 0.158. The van der Waals surface area contributed by atoms with Crippen molar-refractivity contribution in [1.82, 2.24) is 0 Å². The van der Waals surface area contributed by atoms with Gasteiger partial charge in [-0.1, -0.05) is 36.4 Å². The van der Waals surface area contributed by atoms with E-state index in [0.717, 1.165) is 5.56 Å². The SMILES string of the molecule is C/C=C/C=C/CO[C@@H]1CO[C@@H](c2ccc(F)cc2)CO1. The zero-order chi connectivity index (χ0) is 14.2. The smallest absolute Gasteiger partial charge is 0.181 e. The van der Waals surface area contributed by atoms with Gasteiger partial charge in [0.15, 0.2) is 6.29 Å². The third-order valence-electron chi connectivity index (χ3n) is 2.93. The first-order valence-electron chi connectivity index (χ1n) is 6.67. The maximum absolute atomic E-state index is 12.8. The molecule has 20 heavy (non-hydrogen) atoms. The summed E-state index contributed by atoms with van der Waals surface area (Å²) in [4.78, 5) is 0. The van der Waals surface area contributed by atoms with Crippen LogP contribution in [0.15, 0.2) is 48.6 Å². The number of halogens is 1. The molecule has 1 aliphatic heterocycles. The van der Waals surface area contributed by atoms with Gasteiger partial charge in [0, 0.05) is 0 Å². The van der Waals surface area contributed by atoms with Gasteiger partial charge in [-0.3, -0.25) is 0 Å². The Morgan fingerprint density at radius 3 is 2.65 bits per heavy atom. The summed E-state index contributed by atoms with van der Waals surface area (Å²) in [6, 6.07) is 6.27. The number of benzene rings is 1. The van der Waals surface area contributed by atoms with Gasteiger partial charge >= 0.3 is 0 Å². The molecule has 0 aliphatic carbocycles. The Kier molecular flexibility index (Phi) is 5.92. The normalized spacial score (nSPS) is 23.7. The van der Waals surface area contributed by atoms with E-state index in [1.807, 2.05) is 31.2 Å². The molecule has 3 nitrogen and oxygen atoms in total. The van der Waals surface area contributed by atoms with Crippen LogP contribution in [0.1, 0.15) is 18.6 Å². The van der Waals surface area contributed by atoms with Crippen molar-refractivity contribution in [2.75, 3.05) is 19.8 Å². The second kappa shape index (κ2) is 7.94. The van der Waals surface area contributed by atoms with Crippen LogP contribution in [0.4, 0.5) is 4.39 Å². The van der Waals surface area contributed by atoms with Gasteiger partial charge in [-0.2, -0.15) is 0 Å². The lowest BCUT2D eigenvalue weighted by Crippen LogP contribution is -2.33. The van der Waals surface area contributed by atoms with Crippen molar-refractivity contribution in [3.8, 4) is 0 Å². The summed E-state index contributed by atoms with van der Waals surface area (Å²) >= 11 is 0. The highest BCUT2D eigenvalue weighted by Crippen LogP contribution is 2.23. The summed E-state index contributed by atoms with van der Waals surface area (Å²) in [7, 11) is 0. The highest BCUT2D eigenvalue weighted by Gasteiger charge is 2.23. The van der Waals surface area contributed by atoms with Gasteiger partial charge in [0.1, 0.15) is 11.9 Å². The molecule has 0 bridgehead atoms. The molecule has 1 aliphatic rings. The first-order chi connectivity index (χ1) is 9.79. The molecule has 0 aromatic heterocycles. The molecule has 2 atom stereocenters. The Labute approximate surface area is 118 Å². The van der Waals surface area contributed by atoms with Crippen LogP contribution in [0.5, 0.6) is 0 Å². The van der Waals surface area contributed by atoms with Crippen LogP contribution in [-0.2, 0) is 14.2 Å². The molecule has 0 N–H and O–H groups in total. The van der Waals surface area contributed by atoms with E-state index in [-0.39, 0.29) is 18.2 Å². The van der Waals surface area contributed by atoms with Gasteiger partial charge in [0.05, 0.1) is 19.8 Å². The number of ether oxygens (including phenoxy) is 3. The molecule has 0 spiro atoms. The van der Waals surface area contributed by atoms with Gasteiger partial charge in [0.2, 0.25) is 0 Å². The molecule has 1 aromatic carbocycles. The van der Waals surface area contributed by atoms with E-state index in [1.165, 1.54) is 12.1 Å². The monoisotopic (exact) mass is 278 g/mol. The fourth-order valence-corrected chi connectivity index (χ4v) is 1.86. The van der Waals surface area contributed by atoms with Crippen LogP contribution >= 0.6 is 0 Å². The average molecular weight is 278 g/mol. The highest BCUT2D eigenvalue weighted by atomic mass is 19.1. The highest BCUT2D eigenvalue weighted by molar-refractivity contribution is 5.19. The largest absolute Gasteiger partial charge is 0.366 e. The van der Waals surface area contributed by atoms with Crippen LogP contribution in [0.3, 0.4) is 0 Å². The van der Waals surface area contributed by atoms with Crippen LogP contribution in [0, 0.1) is 5.82 Å². The maximum atomic E-state index is 12.8. The lowest BCUT2D eigenvalue weighted by Gasteiger charge is -2.29. The molecule has 0 unspecified atom stereocenters. The van der Waals surface area contributed by atoms with Crippen molar-refractivity contribution in [2.45, 2.75) is 19.3 Å². The Hall–Kier alpha value is -1.49. The van der Waals surface area contributed by atoms with Crippen LogP contribution in [0.2, 0.25) is 0 Å². The van der Waals surface area contributed by atoms with E-state index in [9.17, 15) is 4.39 Å². The van der Waals surface area contributed by atoms with Crippen molar-refractivity contribution in [3.63, 3.8) is 0 Å². The molecule has 2 rings (SSSR count). The summed E-state index contributed by atoms with van der Waals surface area (Å²) in [5.41, 5.74) is 0.915.